The summed E-state index contributed by atoms with van der Waals surface area (Å²) in [6.07, 6.45) is 1.58. The zero-order valence-corrected chi connectivity index (χ0v) is 11.0. The Morgan fingerprint density at radius 2 is 2.06 bits per heavy atom. The lowest BCUT2D eigenvalue weighted by Crippen LogP contribution is -2.33. The number of carboxylic acid groups (broad SMARTS) is 1. The van der Waals surface area contributed by atoms with Gasteiger partial charge in [-0.25, -0.2) is 4.79 Å². The molecule has 0 saturated carbocycles. The number of pyridine rings is 1. The van der Waals surface area contributed by atoms with Crippen LogP contribution >= 0.6 is 15.9 Å². The van der Waals surface area contributed by atoms with Crippen molar-refractivity contribution in [1.29, 1.82) is 0 Å². The van der Waals surface area contributed by atoms with Crippen molar-refractivity contribution in [3.63, 3.8) is 0 Å². The summed E-state index contributed by atoms with van der Waals surface area (Å²) in [5.41, 5.74) is 0.532. The van der Waals surface area contributed by atoms with Gasteiger partial charge in [0.2, 0.25) is 0 Å². The van der Waals surface area contributed by atoms with Crippen LogP contribution in [-0.2, 0) is 4.79 Å². The Morgan fingerprint density at radius 3 is 2.50 bits per heavy atom. The molecule has 0 amide bonds. The van der Waals surface area contributed by atoms with E-state index in [9.17, 15) is 9.59 Å². The smallest absolute Gasteiger partial charge is 0.327 e. The van der Waals surface area contributed by atoms with Crippen molar-refractivity contribution in [3.05, 3.63) is 32.7 Å². The molecule has 0 aliphatic carbocycles. The molecule has 16 heavy (non-hydrogen) atoms. The average Bonchev–Trinajstić information content (AvgIpc) is 2.12. The summed E-state index contributed by atoms with van der Waals surface area (Å²) in [4.78, 5) is 23.0. The number of aromatic nitrogens is 1. The van der Waals surface area contributed by atoms with Crippen LogP contribution in [0.1, 0.15) is 25.5 Å². The molecule has 0 aliphatic heterocycles. The van der Waals surface area contributed by atoms with Crippen LogP contribution in [0.2, 0.25) is 0 Å². The first-order valence-electron chi connectivity index (χ1n) is 4.95. The number of hydrogen-bond donors (Lipinski definition) is 1. The van der Waals surface area contributed by atoms with Gasteiger partial charge >= 0.3 is 5.97 Å². The molecule has 1 aromatic rings. The largest absolute Gasteiger partial charge is 0.480 e. The minimum atomic E-state index is -0.991. The summed E-state index contributed by atoms with van der Waals surface area (Å²) >= 11 is 3.14. The second-order valence-corrected chi connectivity index (χ2v) is 4.96. The second kappa shape index (κ2) is 4.82. The van der Waals surface area contributed by atoms with E-state index in [0.29, 0.717) is 4.47 Å². The van der Waals surface area contributed by atoms with Gasteiger partial charge in [-0.3, -0.25) is 9.36 Å². The van der Waals surface area contributed by atoms with Gasteiger partial charge in [0, 0.05) is 6.20 Å². The standard InChI is InChI=1S/C11H14BrNO3/c1-6(2)9(11(15)16)13-5-7(3)4-8(12)10(13)14/h4-6,9H,1-3H3,(H,15,16). The van der Waals surface area contributed by atoms with Crippen LogP contribution in [0.5, 0.6) is 0 Å². The van der Waals surface area contributed by atoms with E-state index in [1.807, 2.05) is 6.92 Å². The van der Waals surface area contributed by atoms with Crippen LogP contribution in [0.15, 0.2) is 21.5 Å². The number of nitrogens with zero attached hydrogens (tertiary/aromatic N) is 1. The predicted octanol–water partition coefficient (Wildman–Crippen LogP) is 2.20. The molecule has 0 aromatic carbocycles. The molecule has 0 saturated heterocycles. The van der Waals surface area contributed by atoms with E-state index < -0.39 is 12.0 Å². The summed E-state index contributed by atoms with van der Waals surface area (Å²) in [6.45, 7) is 5.38. The second-order valence-electron chi connectivity index (χ2n) is 4.10. The molecule has 4 nitrogen and oxygen atoms in total. The van der Waals surface area contributed by atoms with E-state index in [0.717, 1.165) is 5.56 Å². The number of rotatable bonds is 3. The summed E-state index contributed by atoms with van der Waals surface area (Å²) in [6, 6.07) is 0.849. The first-order valence-corrected chi connectivity index (χ1v) is 5.75. The molecule has 0 bridgehead atoms. The molecule has 1 unspecified atom stereocenters. The summed E-state index contributed by atoms with van der Waals surface area (Å²) in [5, 5.41) is 9.13. The molecular formula is C11H14BrNO3. The van der Waals surface area contributed by atoms with Gasteiger partial charge in [-0.1, -0.05) is 13.8 Å². The Hall–Kier alpha value is -1.10. The monoisotopic (exact) mass is 287 g/mol. The highest BCUT2D eigenvalue weighted by Crippen LogP contribution is 2.18. The maximum Gasteiger partial charge on any atom is 0.327 e. The Kier molecular flexibility index (Phi) is 3.91. The number of aliphatic carboxylic acids is 1. The van der Waals surface area contributed by atoms with Crippen molar-refractivity contribution in [3.8, 4) is 0 Å². The van der Waals surface area contributed by atoms with Gasteiger partial charge in [-0.2, -0.15) is 0 Å². The number of hydrogen-bond acceptors (Lipinski definition) is 2. The maximum atomic E-state index is 11.8. The minimum absolute atomic E-state index is 0.149. The Balaban J connectivity index is 3.41. The van der Waals surface area contributed by atoms with Gasteiger partial charge in [-0.05, 0) is 40.4 Å². The fourth-order valence-electron chi connectivity index (χ4n) is 1.63. The Labute approximate surface area is 102 Å². The molecule has 1 atom stereocenters. The predicted molar refractivity (Wildman–Crippen MR) is 64.6 cm³/mol. The topological polar surface area (TPSA) is 59.3 Å². The molecule has 5 heteroatoms. The number of carboxylic acids is 1. The first kappa shape index (κ1) is 13.0. The fourth-order valence-corrected chi connectivity index (χ4v) is 2.20. The van der Waals surface area contributed by atoms with Gasteiger partial charge in [0.25, 0.3) is 5.56 Å². The highest BCUT2D eigenvalue weighted by molar-refractivity contribution is 9.10. The van der Waals surface area contributed by atoms with Crippen molar-refractivity contribution in [2.24, 2.45) is 5.92 Å². The molecular weight excluding hydrogens is 274 g/mol. The quantitative estimate of drug-likeness (QED) is 0.927. The maximum absolute atomic E-state index is 11.8. The van der Waals surface area contributed by atoms with E-state index in [1.54, 1.807) is 26.1 Å². The molecule has 88 valence electrons. The van der Waals surface area contributed by atoms with Crippen molar-refractivity contribution in [2.75, 3.05) is 0 Å². The van der Waals surface area contributed by atoms with Crippen molar-refractivity contribution in [1.82, 2.24) is 4.57 Å². The number of aryl methyl sites for hydroxylation is 1. The lowest BCUT2D eigenvalue weighted by Gasteiger charge is -2.19. The third-order valence-corrected chi connectivity index (χ3v) is 2.89. The lowest BCUT2D eigenvalue weighted by molar-refractivity contribution is -0.142. The van der Waals surface area contributed by atoms with Crippen LogP contribution in [-0.4, -0.2) is 15.6 Å². The molecule has 0 fully saturated rings. The summed E-state index contributed by atoms with van der Waals surface area (Å²) < 4.78 is 1.66. The number of carbonyl (C=O) groups is 1. The molecule has 1 aromatic heterocycles. The SMILES string of the molecule is Cc1cc(Br)c(=O)n(C(C(=O)O)C(C)C)c1. The molecule has 1 rings (SSSR count). The molecule has 0 aliphatic rings. The van der Waals surface area contributed by atoms with E-state index in [4.69, 9.17) is 5.11 Å². The van der Waals surface area contributed by atoms with Gasteiger partial charge in [0.1, 0.15) is 6.04 Å². The zero-order valence-electron chi connectivity index (χ0n) is 9.40. The van der Waals surface area contributed by atoms with Gasteiger partial charge < -0.3 is 5.11 Å². The summed E-state index contributed by atoms with van der Waals surface area (Å²) in [7, 11) is 0. The summed E-state index contributed by atoms with van der Waals surface area (Å²) in [5.74, 6) is -1.14. The van der Waals surface area contributed by atoms with E-state index in [-0.39, 0.29) is 11.5 Å². The third kappa shape index (κ3) is 2.52. The van der Waals surface area contributed by atoms with E-state index in [2.05, 4.69) is 15.9 Å². The van der Waals surface area contributed by atoms with Crippen LogP contribution in [0.3, 0.4) is 0 Å². The Bertz CT molecular complexity index is 465. The van der Waals surface area contributed by atoms with Gasteiger partial charge in [-0.15, -0.1) is 0 Å². The van der Waals surface area contributed by atoms with Gasteiger partial charge in [0.05, 0.1) is 4.47 Å². The van der Waals surface area contributed by atoms with Crippen LogP contribution in [0.25, 0.3) is 0 Å². The van der Waals surface area contributed by atoms with Crippen LogP contribution in [0, 0.1) is 12.8 Å². The molecule has 0 spiro atoms. The van der Waals surface area contributed by atoms with Gasteiger partial charge in [0.15, 0.2) is 0 Å². The molecule has 0 radical (unpaired) electrons. The highest BCUT2D eigenvalue weighted by Gasteiger charge is 2.24. The minimum Gasteiger partial charge on any atom is -0.480 e. The first-order chi connectivity index (χ1) is 7.34. The normalized spacial score (nSPS) is 12.8. The fraction of sp³-hybridized carbons (Fsp3) is 0.455. The van der Waals surface area contributed by atoms with Crippen LogP contribution in [0.4, 0.5) is 0 Å². The zero-order chi connectivity index (χ0) is 12.5. The molecule has 1 N–H and O–H groups in total. The molecule has 1 heterocycles. The third-order valence-electron chi connectivity index (χ3n) is 2.32. The van der Waals surface area contributed by atoms with E-state index >= 15 is 0 Å². The van der Waals surface area contributed by atoms with Crippen LogP contribution < -0.4 is 5.56 Å². The van der Waals surface area contributed by atoms with Crippen molar-refractivity contribution < 1.29 is 9.90 Å². The Morgan fingerprint density at radius 1 is 1.50 bits per heavy atom. The number of halogens is 1. The van der Waals surface area contributed by atoms with Crippen molar-refractivity contribution >= 4 is 21.9 Å². The average molecular weight is 288 g/mol. The van der Waals surface area contributed by atoms with Crippen molar-refractivity contribution in [2.45, 2.75) is 26.8 Å². The van der Waals surface area contributed by atoms with E-state index in [1.165, 1.54) is 4.57 Å². The highest BCUT2D eigenvalue weighted by atomic mass is 79.9. The lowest BCUT2D eigenvalue weighted by atomic mass is 10.0.